The largest absolute Gasteiger partial charge is 0.324 e. The van der Waals surface area contributed by atoms with E-state index in [-0.39, 0.29) is 6.04 Å². The van der Waals surface area contributed by atoms with Gasteiger partial charge < -0.3 is 11.5 Å². The molecular weight excluding hydrogens is 135 g/mol. The number of rotatable bonds is 2. The molecular formula is C3H8Cl2N2. The quantitative estimate of drug-likeness (QED) is 0.424. The van der Waals surface area contributed by atoms with Crippen molar-refractivity contribution in [2.45, 2.75) is 11.5 Å². The monoisotopic (exact) mass is 142 g/mol. The van der Waals surface area contributed by atoms with Crippen molar-refractivity contribution >= 4 is 23.2 Å². The fraction of sp³-hybridized carbons (Fsp3) is 1.00. The van der Waals surface area contributed by atoms with Crippen molar-refractivity contribution in [3.8, 4) is 0 Å². The maximum absolute atomic E-state index is 5.30. The Morgan fingerprint density at radius 2 is 1.86 bits per heavy atom. The van der Waals surface area contributed by atoms with Gasteiger partial charge in [0.15, 0.2) is 0 Å². The first kappa shape index (κ1) is 7.50. The predicted octanol–water partition coefficient (Wildman–Crippen LogP) is 0.0761. The molecule has 0 aromatic carbocycles. The van der Waals surface area contributed by atoms with E-state index in [1.807, 2.05) is 0 Å². The van der Waals surface area contributed by atoms with E-state index in [2.05, 4.69) is 0 Å². The number of nitrogens with two attached hydrogens (primary N) is 2. The molecule has 0 aliphatic carbocycles. The van der Waals surface area contributed by atoms with Crippen LogP contribution in [0.2, 0.25) is 0 Å². The average molecular weight is 143 g/mol. The Balaban J connectivity index is 3.14. The fourth-order valence-corrected chi connectivity index (χ4v) is 0.457. The van der Waals surface area contributed by atoms with E-state index in [1.54, 1.807) is 0 Å². The zero-order valence-corrected chi connectivity index (χ0v) is 5.28. The highest BCUT2D eigenvalue weighted by Gasteiger charge is 2.05. The summed E-state index contributed by atoms with van der Waals surface area (Å²) < 4.78 is 0. The van der Waals surface area contributed by atoms with Crippen LogP contribution in [0.1, 0.15) is 0 Å². The Bertz CT molecular complexity index is 48.2. The van der Waals surface area contributed by atoms with Gasteiger partial charge in [0, 0.05) is 11.9 Å². The lowest BCUT2D eigenvalue weighted by atomic mass is 10.4. The van der Waals surface area contributed by atoms with Crippen LogP contribution in [-0.2, 0) is 0 Å². The first-order chi connectivity index (χ1) is 3.18. The molecule has 2 nitrogen and oxygen atoms in total. The normalized spacial score (nSPS) is 18.9. The number of halogens is 2. The Morgan fingerprint density at radius 3 is 1.86 bits per heavy atom. The summed E-state index contributed by atoms with van der Waals surface area (Å²) in [6.45, 7) is 0. The predicted molar refractivity (Wildman–Crippen MR) is 32.5 cm³/mol. The van der Waals surface area contributed by atoms with Crippen molar-refractivity contribution in [3.05, 3.63) is 0 Å². The molecule has 2 atom stereocenters. The second-order valence-corrected chi connectivity index (χ2v) is 2.08. The summed E-state index contributed by atoms with van der Waals surface area (Å²) >= 11 is 10.6. The van der Waals surface area contributed by atoms with Crippen LogP contribution in [0, 0.1) is 0 Å². The molecule has 0 saturated carbocycles. The second-order valence-electron chi connectivity index (χ2n) is 1.26. The zero-order valence-electron chi connectivity index (χ0n) is 3.77. The van der Waals surface area contributed by atoms with Gasteiger partial charge in [-0.05, 0) is 0 Å². The van der Waals surface area contributed by atoms with Gasteiger partial charge in [0.25, 0.3) is 0 Å². The molecule has 0 aliphatic rings. The number of hydrogen-bond donors (Lipinski definition) is 2. The first-order valence-electron chi connectivity index (χ1n) is 1.89. The minimum Gasteiger partial charge on any atom is -0.324 e. The minimum atomic E-state index is -0.516. The van der Waals surface area contributed by atoms with Crippen LogP contribution < -0.4 is 11.5 Å². The summed E-state index contributed by atoms with van der Waals surface area (Å²) in [5, 5.41) is 0. The molecule has 0 aliphatic heterocycles. The third kappa shape index (κ3) is 3.12. The highest BCUT2D eigenvalue weighted by Crippen LogP contribution is 1.92. The molecule has 0 saturated heterocycles. The maximum atomic E-state index is 5.30. The van der Waals surface area contributed by atoms with E-state index in [0.717, 1.165) is 0 Å². The van der Waals surface area contributed by atoms with Crippen LogP contribution in [-0.4, -0.2) is 17.4 Å². The van der Waals surface area contributed by atoms with Gasteiger partial charge in [-0.2, -0.15) is 0 Å². The lowest BCUT2D eigenvalue weighted by Crippen LogP contribution is -2.38. The second kappa shape index (κ2) is 3.50. The van der Waals surface area contributed by atoms with Gasteiger partial charge in [-0.1, -0.05) is 0 Å². The van der Waals surface area contributed by atoms with E-state index in [9.17, 15) is 0 Å². The Morgan fingerprint density at radius 1 is 1.43 bits per heavy atom. The topological polar surface area (TPSA) is 52.0 Å². The van der Waals surface area contributed by atoms with Crippen molar-refractivity contribution in [1.29, 1.82) is 0 Å². The minimum absolute atomic E-state index is 0.289. The van der Waals surface area contributed by atoms with Gasteiger partial charge in [-0.3, -0.25) is 0 Å². The van der Waals surface area contributed by atoms with Crippen molar-refractivity contribution in [2.24, 2.45) is 11.5 Å². The summed E-state index contributed by atoms with van der Waals surface area (Å²) in [6.07, 6.45) is 0. The third-order valence-electron chi connectivity index (χ3n) is 0.587. The molecule has 0 fully saturated rings. The van der Waals surface area contributed by atoms with Crippen LogP contribution in [0.15, 0.2) is 0 Å². The Hall–Kier alpha value is 0.500. The smallest absolute Gasteiger partial charge is 0.0965 e. The highest BCUT2D eigenvalue weighted by molar-refractivity contribution is 6.22. The molecule has 0 aromatic heterocycles. The van der Waals surface area contributed by atoms with E-state index in [4.69, 9.17) is 34.7 Å². The van der Waals surface area contributed by atoms with Crippen LogP contribution in [0.25, 0.3) is 0 Å². The standard InChI is InChI=1S/C3H8Cl2N2/c4-1-2(6)3(5)7/h2-3H,1,6-7H2/t2-,3?/m0/s1. The molecule has 0 radical (unpaired) electrons. The zero-order chi connectivity index (χ0) is 5.86. The van der Waals surface area contributed by atoms with Gasteiger partial charge in [0.1, 0.15) is 0 Å². The van der Waals surface area contributed by atoms with E-state index in [0.29, 0.717) is 5.88 Å². The molecule has 4 heteroatoms. The summed E-state index contributed by atoms with van der Waals surface area (Å²) in [5.74, 6) is 0.310. The molecule has 44 valence electrons. The lowest BCUT2D eigenvalue weighted by molar-refractivity contribution is 0.707. The fourth-order valence-electron chi connectivity index (χ4n) is 0.0851. The summed E-state index contributed by atoms with van der Waals surface area (Å²) in [4.78, 5) is 0. The van der Waals surface area contributed by atoms with Crippen LogP contribution in [0.4, 0.5) is 0 Å². The van der Waals surface area contributed by atoms with Gasteiger partial charge in [0.05, 0.1) is 5.50 Å². The molecule has 4 N–H and O–H groups in total. The SMILES string of the molecule is NC(Cl)[C@@H](N)CCl. The molecule has 0 bridgehead atoms. The van der Waals surface area contributed by atoms with Gasteiger partial charge in [0.2, 0.25) is 0 Å². The summed E-state index contributed by atoms with van der Waals surface area (Å²) in [5.41, 5.74) is 9.81. The maximum Gasteiger partial charge on any atom is 0.0965 e. The van der Waals surface area contributed by atoms with Crippen LogP contribution in [0.5, 0.6) is 0 Å². The highest BCUT2D eigenvalue weighted by atomic mass is 35.5. The summed E-state index contributed by atoms with van der Waals surface area (Å²) in [7, 11) is 0. The number of hydrogen-bond acceptors (Lipinski definition) is 2. The third-order valence-corrected chi connectivity index (χ3v) is 1.27. The van der Waals surface area contributed by atoms with Crippen molar-refractivity contribution < 1.29 is 0 Å². The van der Waals surface area contributed by atoms with Crippen LogP contribution in [0.3, 0.4) is 0 Å². The molecule has 0 rings (SSSR count). The molecule has 0 amide bonds. The molecule has 0 spiro atoms. The van der Waals surface area contributed by atoms with Crippen LogP contribution >= 0.6 is 23.2 Å². The lowest BCUT2D eigenvalue weighted by Gasteiger charge is -2.07. The van der Waals surface area contributed by atoms with Gasteiger partial charge in [-0.15, -0.1) is 23.2 Å². The van der Waals surface area contributed by atoms with Crippen molar-refractivity contribution in [1.82, 2.24) is 0 Å². The number of alkyl halides is 2. The first-order valence-corrected chi connectivity index (χ1v) is 2.86. The van der Waals surface area contributed by atoms with E-state index >= 15 is 0 Å². The van der Waals surface area contributed by atoms with Gasteiger partial charge >= 0.3 is 0 Å². The Kier molecular flexibility index (Phi) is 3.75. The molecule has 0 heterocycles. The Labute approximate surface area is 52.8 Å². The van der Waals surface area contributed by atoms with E-state index < -0.39 is 5.50 Å². The van der Waals surface area contributed by atoms with E-state index in [1.165, 1.54) is 0 Å². The van der Waals surface area contributed by atoms with Crippen molar-refractivity contribution in [2.75, 3.05) is 5.88 Å². The summed E-state index contributed by atoms with van der Waals surface area (Å²) in [6, 6.07) is -0.289. The van der Waals surface area contributed by atoms with Gasteiger partial charge in [-0.25, -0.2) is 0 Å². The molecule has 0 aromatic rings. The molecule has 1 unspecified atom stereocenters. The molecule has 7 heavy (non-hydrogen) atoms. The van der Waals surface area contributed by atoms with Crippen molar-refractivity contribution in [3.63, 3.8) is 0 Å². The average Bonchev–Trinajstić information content (AvgIpc) is 1.65.